The van der Waals surface area contributed by atoms with E-state index in [1.165, 1.54) is 4.57 Å². The molecule has 2 heterocycles. The van der Waals surface area contributed by atoms with Crippen LogP contribution in [0.15, 0.2) is 9.59 Å². The van der Waals surface area contributed by atoms with E-state index in [0.717, 1.165) is 12.8 Å². The number of aliphatic hydroxyl groups is 1. The van der Waals surface area contributed by atoms with Gasteiger partial charge in [-0.1, -0.05) is 0 Å². The molecule has 10 heteroatoms. The molecular formula is C19H25F3N4O3. The van der Waals surface area contributed by atoms with Crippen molar-refractivity contribution in [1.82, 2.24) is 14.5 Å². The summed E-state index contributed by atoms with van der Waals surface area (Å²) in [6.45, 7) is 2.41. The smallest absolute Gasteiger partial charge is 0.329 e. The van der Waals surface area contributed by atoms with Gasteiger partial charge in [-0.2, -0.15) is 0 Å². The second-order valence-electron chi connectivity index (χ2n) is 8.33. The third-order valence-electron chi connectivity index (χ3n) is 6.37. The molecule has 2 fully saturated rings. The Hall–Kier alpha value is -2.07. The summed E-state index contributed by atoms with van der Waals surface area (Å²) >= 11 is 0. The van der Waals surface area contributed by atoms with Crippen molar-refractivity contribution in [2.45, 2.75) is 63.3 Å². The number of aromatic amines is 1. The van der Waals surface area contributed by atoms with Crippen molar-refractivity contribution in [1.29, 1.82) is 0 Å². The molecule has 1 saturated heterocycles. The second-order valence-corrected chi connectivity index (χ2v) is 8.33. The maximum atomic E-state index is 15.2. The lowest BCUT2D eigenvalue weighted by atomic mass is 9.93. The number of hydrogen-bond donors (Lipinski definition) is 3. The summed E-state index contributed by atoms with van der Waals surface area (Å²) in [6, 6.07) is -1.66. The summed E-state index contributed by atoms with van der Waals surface area (Å²) in [5.74, 6) is -0.899. The van der Waals surface area contributed by atoms with Crippen molar-refractivity contribution in [3.63, 3.8) is 0 Å². The third kappa shape index (κ3) is 3.42. The number of hydrogen-bond acceptors (Lipinski definition) is 5. The predicted molar refractivity (Wildman–Crippen MR) is 101 cm³/mol. The molecule has 29 heavy (non-hydrogen) atoms. The van der Waals surface area contributed by atoms with Gasteiger partial charge in [0, 0.05) is 25.0 Å². The maximum Gasteiger partial charge on any atom is 0.329 e. The number of aliphatic hydroxyl groups excluding tert-OH is 1. The first-order valence-corrected chi connectivity index (χ1v) is 9.91. The fourth-order valence-corrected chi connectivity index (χ4v) is 4.78. The highest BCUT2D eigenvalue weighted by molar-refractivity contribution is 5.60. The number of H-pyrrole nitrogens is 1. The van der Waals surface area contributed by atoms with Crippen molar-refractivity contribution in [2.24, 2.45) is 11.7 Å². The van der Waals surface area contributed by atoms with Gasteiger partial charge in [-0.3, -0.25) is 19.2 Å². The first-order valence-electron chi connectivity index (χ1n) is 9.91. The summed E-state index contributed by atoms with van der Waals surface area (Å²) in [5.41, 5.74) is 5.01. The zero-order valence-electron chi connectivity index (χ0n) is 16.1. The van der Waals surface area contributed by atoms with E-state index in [2.05, 4.69) is 4.98 Å². The van der Waals surface area contributed by atoms with Crippen LogP contribution in [-0.2, 0) is 0 Å². The van der Waals surface area contributed by atoms with Crippen LogP contribution in [0.25, 0.3) is 11.3 Å². The maximum absolute atomic E-state index is 15.2. The Labute approximate surface area is 164 Å². The topological polar surface area (TPSA) is 104 Å². The standard InChI is InChI=1S/C19H25F3N4O3/c1-8-15-13(18(28)24-19(29)26(15)10-2-3-10)17(27)14(22)16(8)25-5-4-9(7-25)11(23)6-12(20)21/h9-12,14,16,27H,2-7,23H2,1H3,(H,24,28,29). The molecule has 160 valence electrons. The van der Waals surface area contributed by atoms with Crippen LogP contribution < -0.4 is 27.6 Å². The number of nitrogens with two attached hydrogens (primary N) is 1. The molecule has 0 aromatic carbocycles. The van der Waals surface area contributed by atoms with Crippen molar-refractivity contribution < 1.29 is 18.3 Å². The Kier molecular flexibility index (Phi) is 5.10. The minimum atomic E-state index is -2.50. The predicted octanol–water partition coefficient (Wildman–Crippen LogP) is -0.267. The van der Waals surface area contributed by atoms with Crippen LogP contribution in [0.5, 0.6) is 0 Å². The molecule has 1 aliphatic heterocycles. The van der Waals surface area contributed by atoms with E-state index in [0.29, 0.717) is 25.1 Å². The molecule has 2 aliphatic carbocycles. The SMILES string of the molecule is CC1=c2c(c(=O)[nH]c(=O)n2C2CC2)=C(O)C(F)C1N1CCC(C(N)CC(F)F)C1. The molecular weight excluding hydrogens is 389 g/mol. The summed E-state index contributed by atoms with van der Waals surface area (Å²) in [6.07, 6.45) is -2.68. The van der Waals surface area contributed by atoms with Gasteiger partial charge < -0.3 is 10.8 Å². The molecule has 0 radical (unpaired) electrons. The Morgan fingerprint density at radius 2 is 1.97 bits per heavy atom. The monoisotopic (exact) mass is 414 g/mol. The van der Waals surface area contributed by atoms with Crippen molar-refractivity contribution in [2.75, 3.05) is 13.1 Å². The van der Waals surface area contributed by atoms with Crippen LogP contribution >= 0.6 is 0 Å². The molecule has 4 N–H and O–H groups in total. The molecule has 1 aromatic heterocycles. The number of likely N-dealkylation sites (tertiary alicyclic amines) is 1. The fourth-order valence-electron chi connectivity index (χ4n) is 4.78. The summed E-state index contributed by atoms with van der Waals surface area (Å²) in [4.78, 5) is 28.7. The van der Waals surface area contributed by atoms with Gasteiger partial charge in [0.15, 0.2) is 6.17 Å². The van der Waals surface area contributed by atoms with Gasteiger partial charge in [0.25, 0.3) is 5.56 Å². The van der Waals surface area contributed by atoms with Gasteiger partial charge in [0.1, 0.15) is 11.0 Å². The van der Waals surface area contributed by atoms with Gasteiger partial charge in [-0.25, -0.2) is 18.0 Å². The van der Waals surface area contributed by atoms with Crippen LogP contribution in [0.2, 0.25) is 0 Å². The van der Waals surface area contributed by atoms with E-state index in [-0.39, 0.29) is 22.5 Å². The lowest BCUT2D eigenvalue weighted by Gasteiger charge is -2.34. The highest BCUT2D eigenvalue weighted by Gasteiger charge is 2.42. The van der Waals surface area contributed by atoms with E-state index >= 15 is 4.39 Å². The van der Waals surface area contributed by atoms with Crippen LogP contribution in [0, 0.1) is 5.92 Å². The summed E-state index contributed by atoms with van der Waals surface area (Å²) < 4.78 is 42.0. The Morgan fingerprint density at radius 1 is 1.28 bits per heavy atom. The minimum absolute atomic E-state index is 0.0848. The Morgan fingerprint density at radius 3 is 2.59 bits per heavy atom. The van der Waals surface area contributed by atoms with E-state index in [9.17, 15) is 23.5 Å². The Bertz CT molecular complexity index is 1050. The average Bonchev–Trinajstić information content (AvgIpc) is 3.35. The molecule has 0 bridgehead atoms. The summed E-state index contributed by atoms with van der Waals surface area (Å²) in [5, 5.41) is 10.6. The van der Waals surface area contributed by atoms with Crippen LogP contribution in [0.4, 0.5) is 13.2 Å². The molecule has 0 spiro atoms. The molecule has 3 aliphatic rings. The molecule has 1 saturated carbocycles. The van der Waals surface area contributed by atoms with E-state index in [1.54, 1.807) is 11.8 Å². The minimum Gasteiger partial charge on any atom is -0.508 e. The van der Waals surface area contributed by atoms with Crippen molar-refractivity contribution in [3.05, 3.63) is 31.4 Å². The van der Waals surface area contributed by atoms with Crippen molar-refractivity contribution in [3.8, 4) is 0 Å². The van der Waals surface area contributed by atoms with Crippen LogP contribution in [-0.4, -0.2) is 57.3 Å². The molecule has 7 nitrogen and oxygen atoms in total. The molecule has 4 atom stereocenters. The van der Waals surface area contributed by atoms with E-state index in [1.807, 2.05) is 0 Å². The molecule has 1 aromatic rings. The Balaban J connectivity index is 1.77. The number of aromatic nitrogens is 2. The average molecular weight is 414 g/mol. The number of nitrogens with zero attached hydrogens (tertiary/aromatic N) is 2. The lowest BCUT2D eigenvalue weighted by Crippen LogP contribution is -2.61. The van der Waals surface area contributed by atoms with Gasteiger partial charge >= 0.3 is 5.69 Å². The quantitative estimate of drug-likeness (QED) is 0.616. The van der Waals surface area contributed by atoms with Gasteiger partial charge in [-0.15, -0.1) is 0 Å². The van der Waals surface area contributed by atoms with E-state index in [4.69, 9.17) is 5.73 Å². The summed E-state index contributed by atoms with van der Waals surface area (Å²) in [7, 11) is 0. The zero-order chi connectivity index (χ0) is 21.0. The van der Waals surface area contributed by atoms with Gasteiger partial charge in [0.2, 0.25) is 6.43 Å². The first kappa shape index (κ1) is 20.2. The second kappa shape index (κ2) is 7.32. The number of fused-ring (bicyclic) bond motifs is 1. The van der Waals surface area contributed by atoms with Crippen LogP contribution in [0.3, 0.4) is 0 Å². The molecule has 4 rings (SSSR count). The first-order chi connectivity index (χ1) is 13.7. The third-order valence-corrected chi connectivity index (χ3v) is 6.37. The number of alkyl halides is 3. The van der Waals surface area contributed by atoms with Gasteiger partial charge in [-0.05, 0) is 44.2 Å². The molecule has 4 unspecified atom stereocenters. The number of halogens is 3. The van der Waals surface area contributed by atoms with Gasteiger partial charge in [0.05, 0.1) is 11.4 Å². The highest BCUT2D eigenvalue weighted by Crippen LogP contribution is 2.33. The number of rotatable bonds is 5. The largest absolute Gasteiger partial charge is 0.508 e. The highest BCUT2D eigenvalue weighted by atomic mass is 19.3. The normalized spacial score (nSPS) is 28.8. The van der Waals surface area contributed by atoms with E-state index < -0.39 is 48.1 Å². The molecule has 0 amide bonds. The van der Waals surface area contributed by atoms with Crippen molar-refractivity contribution >= 4 is 11.3 Å². The van der Waals surface area contributed by atoms with Crippen LogP contribution in [0.1, 0.15) is 38.6 Å². The fraction of sp³-hybridized carbons (Fsp3) is 0.684. The number of nitrogens with one attached hydrogen (secondary N) is 1. The zero-order valence-corrected chi connectivity index (χ0v) is 16.1. The lowest BCUT2D eigenvalue weighted by molar-refractivity contribution is 0.116.